The zero-order valence-corrected chi connectivity index (χ0v) is 15.4. The maximum Gasteiger partial charge on any atom is 0.292 e. The lowest BCUT2D eigenvalue weighted by molar-refractivity contribution is -0.909. The lowest BCUT2D eigenvalue weighted by atomic mass is 10.2. The van der Waals surface area contributed by atoms with Crippen LogP contribution >= 0.6 is 0 Å². The molecule has 0 aliphatic carbocycles. The monoisotopic (exact) mass is 363 g/mol. The number of nitrogens with zero attached hydrogens (tertiary/aromatic N) is 1. The normalized spacial score (nSPS) is 21.4. The molecule has 2 saturated heterocycles. The van der Waals surface area contributed by atoms with Crippen LogP contribution in [0.3, 0.4) is 0 Å². The summed E-state index contributed by atoms with van der Waals surface area (Å²) in [7, 11) is 0. The number of quaternary nitrogens is 2. The van der Waals surface area contributed by atoms with E-state index in [2.05, 4.69) is 0 Å². The summed E-state index contributed by atoms with van der Waals surface area (Å²) in [6.45, 7) is 8.27. The van der Waals surface area contributed by atoms with Gasteiger partial charge in [-0.1, -0.05) is 0 Å². The van der Waals surface area contributed by atoms with Gasteiger partial charge in [0.15, 0.2) is 6.04 Å². The van der Waals surface area contributed by atoms with E-state index in [1.54, 1.807) is 29.2 Å². The Kier molecular flexibility index (Phi) is 6.60. The van der Waals surface area contributed by atoms with Crippen molar-refractivity contribution in [3.05, 3.63) is 24.3 Å². The number of carbonyl (C=O) groups excluding carboxylic acids is 2. The van der Waals surface area contributed by atoms with Crippen molar-refractivity contribution < 1.29 is 29.3 Å². The topological polar surface area (TPSA) is 76.9 Å². The van der Waals surface area contributed by atoms with Gasteiger partial charge in [0.25, 0.3) is 5.91 Å². The van der Waals surface area contributed by atoms with Gasteiger partial charge in [-0.15, -0.1) is 0 Å². The van der Waals surface area contributed by atoms with Crippen LogP contribution in [0.5, 0.6) is 5.75 Å². The van der Waals surface area contributed by atoms with Gasteiger partial charge in [0.05, 0.1) is 45.0 Å². The highest BCUT2D eigenvalue weighted by molar-refractivity contribution is 6.21. The first-order valence-corrected chi connectivity index (χ1v) is 9.53. The molecular formula is C19H29N3O4+2. The molecule has 0 radical (unpaired) electrons. The van der Waals surface area contributed by atoms with Crippen LogP contribution in [0.25, 0.3) is 0 Å². The SMILES string of the molecule is CCOc1ccc(N2C(=O)C[C@H]([NH2+]CCC[NH+]3CCOCC3)C2=O)cc1. The minimum Gasteiger partial charge on any atom is -0.494 e. The predicted molar refractivity (Wildman–Crippen MR) is 96.3 cm³/mol. The molecule has 2 heterocycles. The van der Waals surface area contributed by atoms with E-state index < -0.39 is 0 Å². The minimum absolute atomic E-state index is 0.113. The standard InChI is InChI=1S/C19H27N3O4/c1-2-26-16-6-4-15(5-7-16)22-18(23)14-17(19(22)24)20-8-3-9-21-10-12-25-13-11-21/h4-7,17,20H,2-3,8-14H2,1H3/p+2/t17-/m0/s1. The van der Waals surface area contributed by atoms with Gasteiger partial charge in [-0.25, -0.2) is 4.90 Å². The van der Waals surface area contributed by atoms with E-state index in [9.17, 15) is 9.59 Å². The van der Waals surface area contributed by atoms with Crippen molar-refractivity contribution in [1.82, 2.24) is 0 Å². The fourth-order valence-corrected chi connectivity index (χ4v) is 3.55. The smallest absolute Gasteiger partial charge is 0.292 e. The molecule has 2 aliphatic heterocycles. The van der Waals surface area contributed by atoms with Gasteiger partial charge < -0.3 is 19.7 Å². The van der Waals surface area contributed by atoms with Crippen LogP contribution in [0, 0.1) is 0 Å². The fourth-order valence-electron chi connectivity index (χ4n) is 3.55. The van der Waals surface area contributed by atoms with Crippen LogP contribution in [-0.2, 0) is 14.3 Å². The molecule has 2 fully saturated rings. The third kappa shape index (κ3) is 4.60. The number of anilines is 1. The Balaban J connectivity index is 1.48. The lowest BCUT2D eigenvalue weighted by Gasteiger charge is -2.23. The van der Waals surface area contributed by atoms with E-state index in [0.717, 1.165) is 51.6 Å². The van der Waals surface area contributed by atoms with Crippen LogP contribution in [-0.4, -0.2) is 63.9 Å². The maximum absolute atomic E-state index is 12.6. The number of carbonyl (C=O) groups is 2. The molecule has 0 saturated carbocycles. The van der Waals surface area contributed by atoms with Crippen molar-refractivity contribution in [2.45, 2.75) is 25.8 Å². The Morgan fingerprint density at radius 3 is 2.65 bits per heavy atom. The number of imide groups is 1. The molecule has 1 aromatic rings. The molecule has 7 heteroatoms. The highest BCUT2D eigenvalue weighted by atomic mass is 16.5. The molecule has 0 spiro atoms. The summed E-state index contributed by atoms with van der Waals surface area (Å²) in [4.78, 5) is 27.8. The van der Waals surface area contributed by atoms with Gasteiger partial charge in [-0.3, -0.25) is 9.59 Å². The van der Waals surface area contributed by atoms with Gasteiger partial charge in [0.1, 0.15) is 18.8 Å². The molecule has 26 heavy (non-hydrogen) atoms. The van der Waals surface area contributed by atoms with E-state index in [0.29, 0.717) is 12.3 Å². The Morgan fingerprint density at radius 1 is 1.23 bits per heavy atom. The van der Waals surface area contributed by atoms with E-state index >= 15 is 0 Å². The summed E-state index contributed by atoms with van der Waals surface area (Å²) in [6.07, 6.45) is 1.31. The van der Waals surface area contributed by atoms with Crippen molar-refractivity contribution in [3.8, 4) is 5.75 Å². The maximum atomic E-state index is 12.6. The molecule has 3 N–H and O–H groups in total. The lowest BCUT2D eigenvalue weighted by Crippen LogP contribution is -3.14. The third-order valence-corrected chi connectivity index (χ3v) is 4.97. The molecule has 1 atom stereocenters. The van der Waals surface area contributed by atoms with Gasteiger partial charge in [0, 0.05) is 6.42 Å². The van der Waals surface area contributed by atoms with Crippen molar-refractivity contribution in [3.63, 3.8) is 0 Å². The van der Waals surface area contributed by atoms with E-state index in [1.807, 2.05) is 12.2 Å². The second-order valence-corrected chi connectivity index (χ2v) is 6.80. The number of rotatable bonds is 8. The minimum atomic E-state index is -0.297. The number of benzene rings is 1. The Bertz CT molecular complexity index is 614. The number of nitrogens with two attached hydrogens (primary N) is 1. The quantitative estimate of drug-likeness (QED) is 0.439. The zero-order chi connectivity index (χ0) is 18.4. The van der Waals surface area contributed by atoms with Gasteiger partial charge in [-0.2, -0.15) is 0 Å². The van der Waals surface area contributed by atoms with E-state index in [1.165, 1.54) is 4.90 Å². The molecule has 0 unspecified atom stereocenters. The fraction of sp³-hybridized carbons (Fsp3) is 0.579. The summed E-state index contributed by atoms with van der Waals surface area (Å²) < 4.78 is 10.8. The first kappa shape index (κ1) is 18.8. The largest absolute Gasteiger partial charge is 0.494 e. The highest BCUT2D eigenvalue weighted by Crippen LogP contribution is 2.24. The number of amides is 2. The molecule has 142 valence electrons. The zero-order valence-electron chi connectivity index (χ0n) is 15.4. The number of nitrogens with one attached hydrogen (secondary N) is 1. The molecule has 0 bridgehead atoms. The van der Waals surface area contributed by atoms with Crippen LogP contribution in [0.4, 0.5) is 5.69 Å². The molecule has 0 aromatic heterocycles. The van der Waals surface area contributed by atoms with Gasteiger partial charge in [-0.05, 0) is 31.2 Å². The number of ether oxygens (including phenoxy) is 2. The Hall–Kier alpha value is -1.96. The van der Waals surface area contributed by atoms with Crippen LogP contribution < -0.4 is 19.9 Å². The molecule has 7 nitrogen and oxygen atoms in total. The second-order valence-electron chi connectivity index (χ2n) is 6.80. The molecular weight excluding hydrogens is 334 g/mol. The van der Waals surface area contributed by atoms with E-state index in [4.69, 9.17) is 9.47 Å². The van der Waals surface area contributed by atoms with Crippen molar-refractivity contribution in [1.29, 1.82) is 0 Å². The summed E-state index contributed by atoms with van der Waals surface area (Å²) in [5.74, 6) is 0.501. The summed E-state index contributed by atoms with van der Waals surface area (Å²) in [5, 5.41) is 2.02. The third-order valence-electron chi connectivity index (χ3n) is 4.97. The van der Waals surface area contributed by atoms with Crippen LogP contribution in [0.2, 0.25) is 0 Å². The van der Waals surface area contributed by atoms with Gasteiger partial charge in [0.2, 0.25) is 5.91 Å². The summed E-state index contributed by atoms with van der Waals surface area (Å²) in [5.41, 5.74) is 0.622. The number of hydrogen-bond donors (Lipinski definition) is 2. The van der Waals surface area contributed by atoms with Crippen LogP contribution in [0.15, 0.2) is 24.3 Å². The van der Waals surface area contributed by atoms with Gasteiger partial charge >= 0.3 is 0 Å². The first-order chi connectivity index (χ1) is 12.7. The number of hydrogen-bond acceptors (Lipinski definition) is 4. The average molecular weight is 363 g/mol. The second kappa shape index (κ2) is 9.12. The van der Waals surface area contributed by atoms with Crippen LogP contribution in [0.1, 0.15) is 19.8 Å². The van der Waals surface area contributed by atoms with Crippen molar-refractivity contribution in [2.75, 3.05) is 50.9 Å². The Labute approximate surface area is 154 Å². The first-order valence-electron chi connectivity index (χ1n) is 9.53. The molecule has 2 amide bonds. The molecule has 3 rings (SSSR count). The Morgan fingerprint density at radius 2 is 1.96 bits per heavy atom. The summed E-state index contributed by atoms with van der Waals surface area (Å²) in [6, 6.07) is 6.83. The average Bonchev–Trinajstić information content (AvgIpc) is 2.94. The predicted octanol–water partition coefficient (Wildman–Crippen LogP) is -1.41. The highest BCUT2D eigenvalue weighted by Gasteiger charge is 2.42. The molecule has 1 aromatic carbocycles. The van der Waals surface area contributed by atoms with E-state index in [-0.39, 0.29) is 24.3 Å². The summed E-state index contributed by atoms with van der Waals surface area (Å²) >= 11 is 0. The van der Waals surface area contributed by atoms with Crippen molar-refractivity contribution in [2.24, 2.45) is 0 Å². The number of morpholine rings is 1. The van der Waals surface area contributed by atoms with Crippen molar-refractivity contribution >= 4 is 17.5 Å². The molecule has 2 aliphatic rings.